The third-order valence-corrected chi connectivity index (χ3v) is 4.64. The first-order valence-corrected chi connectivity index (χ1v) is 10.2. The molecule has 0 spiro atoms. The summed E-state index contributed by atoms with van der Waals surface area (Å²) in [6, 6.07) is 10.4. The molecule has 0 saturated carbocycles. The molecule has 0 heterocycles. The second kappa shape index (κ2) is 12.4. The minimum atomic E-state index is -0.220. The van der Waals surface area contributed by atoms with E-state index in [9.17, 15) is 9.18 Å². The van der Waals surface area contributed by atoms with Crippen molar-refractivity contribution in [3.63, 3.8) is 0 Å². The molecule has 2 rings (SSSR count). The van der Waals surface area contributed by atoms with Gasteiger partial charge in [-0.2, -0.15) is 0 Å². The summed E-state index contributed by atoms with van der Waals surface area (Å²) in [7, 11) is 3.26. The van der Waals surface area contributed by atoms with Crippen molar-refractivity contribution in [3.8, 4) is 11.5 Å². The lowest BCUT2D eigenvalue weighted by molar-refractivity contribution is -0.123. The number of hydrogen-bond acceptors (Lipinski definition) is 4. The Bertz CT molecular complexity index is 902. The fourth-order valence-corrected chi connectivity index (χ4v) is 2.99. The number of methoxy groups -OCH3 is 1. The van der Waals surface area contributed by atoms with Gasteiger partial charge in [-0.25, -0.2) is 4.39 Å². The second-order valence-corrected chi connectivity index (χ2v) is 6.90. The minimum Gasteiger partial charge on any atom is -0.493 e. The van der Waals surface area contributed by atoms with Crippen LogP contribution < -0.4 is 25.4 Å². The summed E-state index contributed by atoms with van der Waals surface area (Å²) in [5.41, 5.74) is 3.00. The fourth-order valence-electron chi connectivity index (χ4n) is 2.99. The monoisotopic (exact) mass is 430 g/mol. The van der Waals surface area contributed by atoms with Crippen molar-refractivity contribution in [2.75, 3.05) is 33.9 Å². The Morgan fingerprint density at radius 1 is 1.10 bits per heavy atom. The van der Waals surface area contributed by atoms with Crippen molar-refractivity contribution in [1.82, 2.24) is 16.0 Å². The number of amides is 1. The molecule has 0 unspecified atom stereocenters. The van der Waals surface area contributed by atoms with Crippen LogP contribution in [0.25, 0.3) is 0 Å². The van der Waals surface area contributed by atoms with Crippen LogP contribution in [0.3, 0.4) is 0 Å². The second-order valence-electron chi connectivity index (χ2n) is 6.90. The number of benzene rings is 2. The maximum atomic E-state index is 13.2. The molecule has 0 saturated heterocycles. The molecule has 2 aromatic carbocycles. The van der Waals surface area contributed by atoms with Gasteiger partial charge in [-0.3, -0.25) is 9.79 Å². The van der Waals surface area contributed by atoms with Crippen LogP contribution in [0.4, 0.5) is 4.39 Å². The molecule has 0 aliphatic rings. The Balaban J connectivity index is 1.86. The van der Waals surface area contributed by atoms with Gasteiger partial charge in [-0.1, -0.05) is 12.1 Å². The summed E-state index contributed by atoms with van der Waals surface area (Å²) in [4.78, 5) is 15.8. The van der Waals surface area contributed by atoms with Gasteiger partial charge in [0, 0.05) is 26.7 Å². The summed E-state index contributed by atoms with van der Waals surface area (Å²) in [6.07, 6.45) is 0.762. The van der Waals surface area contributed by atoms with Crippen molar-refractivity contribution >= 4 is 11.9 Å². The lowest BCUT2D eigenvalue weighted by Crippen LogP contribution is -2.37. The zero-order valence-electron chi connectivity index (χ0n) is 18.5. The molecule has 168 valence electrons. The van der Waals surface area contributed by atoms with Gasteiger partial charge in [0.25, 0.3) is 5.91 Å². The van der Waals surface area contributed by atoms with Gasteiger partial charge in [0.05, 0.1) is 7.11 Å². The van der Waals surface area contributed by atoms with Crippen LogP contribution in [0.5, 0.6) is 11.5 Å². The number of carbonyl (C=O) groups excluding carboxylic acids is 1. The molecule has 0 aromatic heterocycles. The molecule has 0 radical (unpaired) electrons. The molecular formula is C23H31FN4O3. The largest absolute Gasteiger partial charge is 0.493 e. The summed E-state index contributed by atoms with van der Waals surface area (Å²) in [6.45, 7) is 5.45. The van der Waals surface area contributed by atoms with Gasteiger partial charge < -0.3 is 25.4 Å². The average Bonchev–Trinajstić information content (AvgIpc) is 2.76. The normalized spacial score (nSPS) is 11.1. The van der Waals surface area contributed by atoms with E-state index >= 15 is 0 Å². The lowest BCUT2D eigenvalue weighted by atomic mass is 10.1. The van der Waals surface area contributed by atoms with Gasteiger partial charge in [0.1, 0.15) is 5.82 Å². The van der Waals surface area contributed by atoms with E-state index < -0.39 is 0 Å². The van der Waals surface area contributed by atoms with Crippen molar-refractivity contribution in [2.24, 2.45) is 4.99 Å². The van der Waals surface area contributed by atoms with Gasteiger partial charge in [-0.15, -0.1) is 0 Å². The van der Waals surface area contributed by atoms with E-state index in [0.29, 0.717) is 37.1 Å². The Morgan fingerprint density at radius 2 is 1.90 bits per heavy atom. The SMILES string of the molecule is CCNC(=O)COc1ccc(CNC(=NC)NCCc2ccc(F)cc2C)cc1OC. The molecule has 7 nitrogen and oxygen atoms in total. The van der Waals surface area contributed by atoms with E-state index in [1.54, 1.807) is 26.3 Å². The summed E-state index contributed by atoms with van der Waals surface area (Å²) in [5.74, 6) is 1.33. The molecule has 1 amide bonds. The molecule has 0 atom stereocenters. The fraction of sp³-hybridized carbons (Fsp3) is 0.391. The highest BCUT2D eigenvalue weighted by Crippen LogP contribution is 2.28. The minimum absolute atomic E-state index is 0.0636. The quantitative estimate of drug-likeness (QED) is 0.399. The number of halogens is 1. The van der Waals surface area contributed by atoms with Gasteiger partial charge >= 0.3 is 0 Å². The Labute approximate surface area is 183 Å². The molecule has 0 aliphatic heterocycles. The van der Waals surface area contributed by atoms with E-state index in [1.165, 1.54) is 6.07 Å². The first-order chi connectivity index (χ1) is 15.0. The number of aliphatic imine (C=N–C) groups is 1. The van der Waals surface area contributed by atoms with Crippen LogP contribution in [-0.2, 0) is 17.8 Å². The number of carbonyl (C=O) groups is 1. The van der Waals surface area contributed by atoms with Gasteiger partial charge in [-0.05, 0) is 61.2 Å². The zero-order valence-corrected chi connectivity index (χ0v) is 18.5. The maximum absolute atomic E-state index is 13.2. The number of nitrogens with one attached hydrogen (secondary N) is 3. The molecule has 0 bridgehead atoms. The van der Waals surface area contributed by atoms with Crippen LogP contribution >= 0.6 is 0 Å². The predicted molar refractivity (Wildman–Crippen MR) is 120 cm³/mol. The zero-order chi connectivity index (χ0) is 22.6. The average molecular weight is 431 g/mol. The number of rotatable bonds is 10. The van der Waals surface area contributed by atoms with Crippen molar-refractivity contribution in [3.05, 3.63) is 58.9 Å². The van der Waals surface area contributed by atoms with Crippen LogP contribution in [0.15, 0.2) is 41.4 Å². The van der Waals surface area contributed by atoms with E-state index in [0.717, 1.165) is 23.1 Å². The molecular weight excluding hydrogens is 399 g/mol. The highest BCUT2D eigenvalue weighted by atomic mass is 19.1. The molecule has 0 fully saturated rings. The van der Waals surface area contributed by atoms with E-state index in [-0.39, 0.29) is 18.3 Å². The molecule has 2 aromatic rings. The number of aryl methyl sites for hydroxylation is 1. The first kappa shape index (κ1) is 24.0. The lowest BCUT2D eigenvalue weighted by Gasteiger charge is -2.15. The van der Waals surface area contributed by atoms with E-state index in [4.69, 9.17) is 9.47 Å². The third kappa shape index (κ3) is 7.81. The van der Waals surface area contributed by atoms with E-state index in [2.05, 4.69) is 20.9 Å². The Morgan fingerprint density at radius 3 is 2.58 bits per heavy atom. The molecule has 8 heteroatoms. The predicted octanol–water partition coefficient (Wildman–Crippen LogP) is 2.57. The topological polar surface area (TPSA) is 84.0 Å². The smallest absolute Gasteiger partial charge is 0.257 e. The number of guanidine groups is 1. The maximum Gasteiger partial charge on any atom is 0.257 e. The molecule has 3 N–H and O–H groups in total. The van der Waals surface area contributed by atoms with Crippen LogP contribution in [0.2, 0.25) is 0 Å². The first-order valence-electron chi connectivity index (χ1n) is 10.2. The third-order valence-electron chi connectivity index (χ3n) is 4.64. The highest BCUT2D eigenvalue weighted by Gasteiger charge is 2.09. The molecule has 0 aliphatic carbocycles. The number of ether oxygens (including phenoxy) is 2. The van der Waals surface area contributed by atoms with E-state index in [1.807, 2.05) is 32.0 Å². The number of hydrogen-bond donors (Lipinski definition) is 3. The van der Waals surface area contributed by atoms with Gasteiger partial charge in [0.2, 0.25) is 0 Å². The Hall–Kier alpha value is -3.29. The number of likely N-dealkylation sites (N-methyl/N-ethyl adjacent to an activating group) is 1. The summed E-state index contributed by atoms with van der Waals surface area (Å²) < 4.78 is 24.2. The van der Waals surface area contributed by atoms with Crippen LogP contribution in [-0.4, -0.2) is 45.7 Å². The standard InChI is InChI=1S/C23H31FN4O3/c1-5-26-22(29)15-31-20-9-6-17(13-21(20)30-4)14-28-23(25-3)27-11-10-18-7-8-19(24)12-16(18)2/h6-9,12-13H,5,10-11,14-15H2,1-4H3,(H,26,29)(H2,25,27,28). The van der Waals surface area contributed by atoms with Crippen molar-refractivity contribution < 1.29 is 18.7 Å². The summed E-state index contributed by atoms with van der Waals surface area (Å²) >= 11 is 0. The van der Waals surface area contributed by atoms with Crippen molar-refractivity contribution in [1.29, 1.82) is 0 Å². The van der Waals surface area contributed by atoms with Crippen LogP contribution in [0, 0.1) is 12.7 Å². The van der Waals surface area contributed by atoms with Crippen molar-refractivity contribution in [2.45, 2.75) is 26.8 Å². The van der Waals surface area contributed by atoms with Gasteiger partial charge in [0.15, 0.2) is 24.1 Å². The Kier molecular flexibility index (Phi) is 9.61. The summed E-state index contributed by atoms with van der Waals surface area (Å²) in [5, 5.41) is 9.20. The number of nitrogens with zero attached hydrogens (tertiary/aromatic N) is 1. The highest BCUT2D eigenvalue weighted by molar-refractivity contribution is 5.79. The van der Waals surface area contributed by atoms with Crippen LogP contribution in [0.1, 0.15) is 23.6 Å². The molecule has 31 heavy (non-hydrogen) atoms.